The Kier molecular flexibility index (Phi) is 3.96. The van der Waals surface area contributed by atoms with Crippen LogP contribution in [-0.4, -0.2) is 23.3 Å². The quantitative estimate of drug-likeness (QED) is 0.882. The highest BCUT2D eigenvalue weighted by Crippen LogP contribution is 2.29. The number of ether oxygens (including phenoxy) is 1. The predicted octanol–water partition coefficient (Wildman–Crippen LogP) is 3.03. The molecule has 1 aromatic heterocycles. The lowest BCUT2D eigenvalue weighted by Gasteiger charge is -1.96. The maximum Gasteiger partial charge on any atom is 0.226 e. The number of aromatic nitrogens is 1. The normalized spacial score (nSPS) is 10.5. The molecule has 0 radical (unpaired) electrons. The highest BCUT2D eigenvalue weighted by atomic mass is 79.9. The Morgan fingerprint density at radius 3 is 3.12 bits per heavy atom. The van der Waals surface area contributed by atoms with E-state index in [0.29, 0.717) is 16.9 Å². The second-order valence-electron chi connectivity index (χ2n) is 3.34. The molecule has 4 nitrogen and oxygen atoms in total. The summed E-state index contributed by atoms with van der Waals surface area (Å²) in [4.78, 5) is 15.7. The number of alkyl halides is 1. The molecule has 1 amide bonds. The number of halogens is 1. The van der Waals surface area contributed by atoms with Crippen LogP contribution in [0.2, 0.25) is 0 Å². The first-order valence-electron chi connectivity index (χ1n) is 5.03. The molecule has 90 valence electrons. The molecular formula is C11H11BrN2O2S. The lowest BCUT2D eigenvalue weighted by molar-refractivity contribution is -0.115. The van der Waals surface area contributed by atoms with Crippen molar-refractivity contribution < 1.29 is 9.53 Å². The highest BCUT2D eigenvalue weighted by Gasteiger charge is 2.07. The molecule has 1 aromatic carbocycles. The fraction of sp³-hybridized carbons (Fsp3) is 0.273. The molecule has 0 atom stereocenters. The molecule has 17 heavy (non-hydrogen) atoms. The van der Waals surface area contributed by atoms with E-state index in [1.54, 1.807) is 7.11 Å². The number of anilines is 1. The second-order valence-corrected chi connectivity index (χ2v) is 5.16. The van der Waals surface area contributed by atoms with E-state index in [-0.39, 0.29) is 5.91 Å². The highest BCUT2D eigenvalue weighted by molar-refractivity contribution is 9.09. The third-order valence-corrected chi connectivity index (χ3v) is 3.49. The van der Waals surface area contributed by atoms with Gasteiger partial charge in [0.15, 0.2) is 5.13 Å². The zero-order valence-electron chi connectivity index (χ0n) is 9.20. The molecule has 2 rings (SSSR count). The van der Waals surface area contributed by atoms with Gasteiger partial charge < -0.3 is 10.1 Å². The molecule has 0 bridgehead atoms. The van der Waals surface area contributed by atoms with Gasteiger partial charge in [-0.3, -0.25) is 4.79 Å². The van der Waals surface area contributed by atoms with Gasteiger partial charge in [0.25, 0.3) is 0 Å². The van der Waals surface area contributed by atoms with Crippen LogP contribution >= 0.6 is 27.3 Å². The fourth-order valence-corrected chi connectivity index (χ4v) is 2.62. The number of fused-ring (bicyclic) bond motifs is 1. The average molecular weight is 315 g/mol. The first-order chi connectivity index (χ1) is 8.22. The Balaban J connectivity index is 2.22. The van der Waals surface area contributed by atoms with Crippen molar-refractivity contribution in [2.45, 2.75) is 6.42 Å². The van der Waals surface area contributed by atoms with Gasteiger partial charge in [0.1, 0.15) is 5.75 Å². The van der Waals surface area contributed by atoms with Gasteiger partial charge in [0.2, 0.25) is 5.91 Å². The molecule has 0 spiro atoms. The monoisotopic (exact) mass is 314 g/mol. The van der Waals surface area contributed by atoms with E-state index in [9.17, 15) is 4.79 Å². The molecule has 0 fully saturated rings. The largest absolute Gasteiger partial charge is 0.497 e. The summed E-state index contributed by atoms with van der Waals surface area (Å²) in [6.45, 7) is 0. The van der Waals surface area contributed by atoms with Crippen LogP contribution in [0.3, 0.4) is 0 Å². The number of nitrogens with one attached hydrogen (secondary N) is 1. The summed E-state index contributed by atoms with van der Waals surface area (Å²) in [7, 11) is 1.63. The number of carbonyl (C=O) groups is 1. The Bertz CT molecular complexity index is 541. The van der Waals surface area contributed by atoms with Crippen LogP contribution < -0.4 is 10.1 Å². The van der Waals surface area contributed by atoms with Crippen molar-refractivity contribution in [1.29, 1.82) is 0 Å². The third kappa shape index (κ3) is 2.95. The van der Waals surface area contributed by atoms with Crippen LogP contribution in [0.5, 0.6) is 5.75 Å². The summed E-state index contributed by atoms with van der Waals surface area (Å²) in [5.74, 6) is 0.757. The number of methoxy groups -OCH3 is 1. The van der Waals surface area contributed by atoms with E-state index in [0.717, 1.165) is 16.0 Å². The molecule has 0 unspecified atom stereocenters. The molecular weight excluding hydrogens is 304 g/mol. The summed E-state index contributed by atoms with van der Waals surface area (Å²) in [5, 5.41) is 4.04. The Morgan fingerprint density at radius 1 is 1.59 bits per heavy atom. The smallest absolute Gasteiger partial charge is 0.226 e. The number of nitrogens with zero attached hydrogens (tertiary/aromatic N) is 1. The molecule has 0 saturated carbocycles. The lowest BCUT2D eigenvalue weighted by atomic mass is 10.3. The van der Waals surface area contributed by atoms with Crippen molar-refractivity contribution in [2.75, 3.05) is 17.8 Å². The number of amides is 1. The summed E-state index contributed by atoms with van der Waals surface area (Å²) < 4.78 is 6.14. The van der Waals surface area contributed by atoms with Crippen LogP contribution in [0.15, 0.2) is 18.2 Å². The minimum Gasteiger partial charge on any atom is -0.497 e. The number of benzene rings is 1. The molecule has 0 aliphatic carbocycles. The molecule has 1 N–H and O–H groups in total. The van der Waals surface area contributed by atoms with Gasteiger partial charge in [-0.2, -0.15) is 0 Å². The zero-order chi connectivity index (χ0) is 12.3. The molecule has 0 saturated heterocycles. The van der Waals surface area contributed by atoms with Gasteiger partial charge in [0, 0.05) is 11.8 Å². The number of carbonyl (C=O) groups excluding carboxylic acids is 1. The Morgan fingerprint density at radius 2 is 2.41 bits per heavy atom. The Labute approximate surface area is 111 Å². The zero-order valence-corrected chi connectivity index (χ0v) is 11.6. The van der Waals surface area contributed by atoms with Crippen LogP contribution in [0.4, 0.5) is 5.13 Å². The van der Waals surface area contributed by atoms with E-state index in [1.165, 1.54) is 11.3 Å². The number of hydrogen-bond acceptors (Lipinski definition) is 4. The summed E-state index contributed by atoms with van der Waals surface area (Å²) in [6, 6.07) is 5.64. The number of rotatable bonds is 4. The van der Waals surface area contributed by atoms with Gasteiger partial charge in [-0.05, 0) is 18.2 Å². The van der Waals surface area contributed by atoms with Gasteiger partial charge >= 0.3 is 0 Å². The molecule has 0 aliphatic heterocycles. The van der Waals surface area contributed by atoms with Gasteiger partial charge in [-0.25, -0.2) is 4.98 Å². The minimum absolute atomic E-state index is 0.0344. The molecule has 2 aromatic rings. The van der Waals surface area contributed by atoms with Crippen molar-refractivity contribution in [2.24, 2.45) is 0 Å². The minimum atomic E-state index is -0.0344. The summed E-state index contributed by atoms with van der Waals surface area (Å²) in [5.41, 5.74) is 0.866. The van der Waals surface area contributed by atoms with Crippen LogP contribution in [0, 0.1) is 0 Å². The van der Waals surface area contributed by atoms with Crippen molar-refractivity contribution >= 4 is 48.5 Å². The van der Waals surface area contributed by atoms with E-state index >= 15 is 0 Å². The maximum absolute atomic E-state index is 11.4. The molecule has 0 aliphatic rings. The van der Waals surface area contributed by atoms with E-state index < -0.39 is 0 Å². The third-order valence-electron chi connectivity index (χ3n) is 2.16. The fourth-order valence-electron chi connectivity index (χ4n) is 1.35. The van der Waals surface area contributed by atoms with E-state index in [1.807, 2.05) is 18.2 Å². The van der Waals surface area contributed by atoms with E-state index in [2.05, 4.69) is 26.2 Å². The number of thiazole rings is 1. The van der Waals surface area contributed by atoms with Crippen LogP contribution in [0.25, 0.3) is 10.2 Å². The first kappa shape index (κ1) is 12.3. The lowest BCUT2D eigenvalue weighted by Crippen LogP contribution is -2.11. The van der Waals surface area contributed by atoms with Crippen molar-refractivity contribution in [1.82, 2.24) is 4.98 Å². The topological polar surface area (TPSA) is 51.2 Å². The molecule has 6 heteroatoms. The SMILES string of the molecule is COc1ccc2nc(NC(=O)CCBr)sc2c1. The summed E-state index contributed by atoms with van der Waals surface area (Å²) in [6.07, 6.45) is 0.444. The van der Waals surface area contributed by atoms with Crippen molar-refractivity contribution in [3.05, 3.63) is 18.2 Å². The maximum atomic E-state index is 11.4. The predicted molar refractivity (Wildman–Crippen MR) is 73.2 cm³/mol. The second kappa shape index (κ2) is 5.46. The van der Waals surface area contributed by atoms with Crippen LogP contribution in [0.1, 0.15) is 6.42 Å². The number of hydrogen-bond donors (Lipinski definition) is 1. The van der Waals surface area contributed by atoms with Gasteiger partial charge in [-0.15, -0.1) is 0 Å². The summed E-state index contributed by atoms with van der Waals surface area (Å²) >= 11 is 4.67. The van der Waals surface area contributed by atoms with E-state index in [4.69, 9.17) is 4.74 Å². The van der Waals surface area contributed by atoms with Crippen molar-refractivity contribution in [3.8, 4) is 5.75 Å². The first-order valence-corrected chi connectivity index (χ1v) is 6.97. The van der Waals surface area contributed by atoms with Gasteiger partial charge in [0.05, 0.1) is 17.3 Å². The average Bonchev–Trinajstić information content (AvgIpc) is 2.69. The standard InChI is InChI=1S/C11H11BrN2O2S/c1-16-7-2-3-8-9(6-7)17-11(13-8)14-10(15)4-5-12/h2-3,6H,4-5H2,1H3,(H,13,14,15). The van der Waals surface area contributed by atoms with Gasteiger partial charge in [-0.1, -0.05) is 27.3 Å². The van der Waals surface area contributed by atoms with Crippen molar-refractivity contribution in [3.63, 3.8) is 0 Å². The molecule has 1 heterocycles. The van der Waals surface area contributed by atoms with Crippen LogP contribution in [-0.2, 0) is 4.79 Å². The Hall–Kier alpha value is -1.14.